The summed E-state index contributed by atoms with van der Waals surface area (Å²) < 4.78 is 37.5. The van der Waals surface area contributed by atoms with Crippen molar-refractivity contribution in [2.75, 3.05) is 20.1 Å². The van der Waals surface area contributed by atoms with E-state index in [1.165, 1.54) is 0 Å². The van der Waals surface area contributed by atoms with Gasteiger partial charge < -0.3 is 10.6 Å². The van der Waals surface area contributed by atoms with Crippen molar-refractivity contribution in [3.63, 3.8) is 0 Å². The average molecular weight is 280 g/mol. The van der Waals surface area contributed by atoms with Crippen molar-refractivity contribution in [1.82, 2.24) is 10.6 Å². The highest BCUT2D eigenvalue weighted by atomic mass is 19.4. The first-order chi connectivity index (χ1) is 8.84. The van der Waals surface area contributed by atoms with Crippen molar-refractivity contribution in [2.45, 2.75) is 38.8 Å². The van der Waals surface area contributed by atoms with Crippen LogP contribution < -0.4 is 10.6 Å². The van der Waals surface area contributed by atoms with Crippen LogP contribution in [0.3, 0.4) is 0 Å². The van der Waals surface area contributed by atoms with Crippen LogP contribution in [0.15, 0.2) is 0 Å². The summed E-state index contributed by atoms with van der Waals surface area (Å²) >= 11 is 0. The van der Waals surface area contributed by atoms with Gasteiger partial charge in [0.2, 0.25) is 5.91 Å². The van der Waals surface area contributed by atoms with Crippen LogP contribution in [0.5, 0.6) is 0 Å². The molecule has 2 N–H and O–H groups in total. The normalized spacial score (nSPS) is 25.9. The Morgan fingerprint density at radius 3 is 2.26 bits per heavy atom. The number of carbonyl (C=O) groups excluding carboxylic acids is 1. The average Bonchev–Trinajstić information content (AvgIpc) is 2.35. The molecule has 1 fully saturated rings. The number of carbonyl (C=O) groups is 1. The summed E-state index contributed by atoms with van der Waals surface area (Å²) in [6.07, 6.45) is -3.27. The molecule has 1 saturated carbocycles. The third-order valence-corrected chi connectivity index (χ3v) is 3.74. The number of halogens is 3. The largest absolute Gasteiger partial charge is 0.391 e. The van der Waals surface area contributed by atoms with Gasteiger partial charge in [0.05, 0.1) is 5.92 Å². The Labute approximate surface area is 112 Å². The number of hydrogen-bond donors (Lipinski definition) is 2. The smallest absolute Gasteiger partial charge is 0.356 e. The number of alkyl halides is 3. The molecule has 1 rings (SSSR count). The van der Waals surface area contributed by atoms with Gasteiger partial charge in [-0.2, -0.15) is 13.2 Å². The molecule has 0 saturated heterocycles. The number of hydrogen-bond acceptors (Lipinski definition) is 2. The van der Waals surface area contributed by atoms with E-state index in [0.29, 0.717) is 25.3 Å². The fourth-order valence-electron chi connectivity index (χ4n) is 2.52. The molecule has 0 radical (unpaired) electrons. The molecule has 1 amide bonds. The third kappa shape index (κ3) is 5.38. The summed E-state index contributed by atoms with van der Waals surface area (Å²) in [7, 11) is 1.84. The maximum absolute atomic E-state index is 12.5. The first-order valence-corrected chi connectivity index (χ1v) is 6.83. The predicted molar refractivity (Wildman–Crippen MR) is 67.6 cm³/mol. The summed E-state index contributed by atoms with van der Waals surface area (Å²) in [5.41, 5.74) is 0. The second-order valence-corrected chi connectivity index (χ2v) is 5.50. The van der Waals surface area contributed by atoms with E-state index in [9.17, 15) is 18.0 Å². The second-order valence-electron chi connectivity index (χ2n) is 5.50. The van der Waals surface area contributed by atoms with Crippen molar-refractivity contribution in [3.8, 4) is 0 Å². The Morgan fingerprint density at radius 2 is 1.79 bits per heavy atom. The van der Waals surface area contributed by atoms with Gasteiger partial charge in [0, 0.05) is 12.5 Å². The van der Waals surface area contributed by atoms with Crippen LogP contribution in [0.1, 0.15) is 32.6 Å². The maximum Gasteiger partial charge on any atom is 0.391 e. The molecular weight excluding hydrogens is 257 g/mol. The molecule has 1 aliphatic carbocycles. The molecule has 0 bridgehead atoms. The Balaban J connectivity index is 2.29. The molecule has 1 aliphatic rings. The van der Waals surface area contributed by atoms with Gasteiger partial charge >= 0.3 is 6.18 Å². The zero-order valence-corrected chi connectivity index (χ0v) is 11.5. The molecule has 1 atom stereocenters. The van der Waals surface area contributed by atoms with E-state index in [0.717, 1.165) is 6.54 Å². The number of nitrogens with one attached hydrogen (secondary N) is 2. The van der Waals surface area contributed by atoms with Crippen molar-refractivity contribution < 1.29 is 18.0 Å². The number of amides is 1. The molecule has 6 heteroatoms. The van der Waals surface area contributed by atoms with Gasteiger partial charge in [0.15, 0.2) is 0 Å². The zero-order chi connectivity index (χ0) is 14.5. The van der Waals surface area contributed by atoms with E-state index in [4.69, 9.17) is 0 Å². The van der Waals surface area contributed by atoms with Crippen LogP contribution in [-0.4, -0.2) is 32.2 Å². The van der Waals surface area contributed by atoms with Gasteiger partial charge in [-0.25, -0.2) is 0 Å². The van der Waals surface area contributed by atoms with Gasteiger partial charge in [-0.15, -0.1) is 0 Å². The highest BCUT2D eigenvalue weighted by molar-refractivity contribution is 5.78. The SMILES string of the molecule is CNCC(C)CNC(=O)C1CCC(C(F)(F)F)CC1. The summed E-state index contributed by atoms with van der Waals surface area (Å²) in [6.45, 7) is 3.39. The molecule has 0 heterocycles. The Morgan fingerprint density at radius 1 is 1.21 bits per heavy atom. The number of rotatable bonds is 5. The molecule has 3 nitrogen and oxygen atoms in total. The molecule has 0 aromatic carbocycles. The summed E-state index contributed by atoms with van der Waals surface area (Å²) in [5, 5.41) is 5.85. The molecule has 0 aliphatic heterocycles. The molecular formula is C13H23F3N2O. The third-order valence-electron chi connectivity index (χ3n) is 3.74. The molecule has 1 unspecified atom stereocenters. The van der Waals surface area contributed by atoms with Gasteiger partial charge in [-0.1, -0.05) is 6.92 Å². The van der Waals surface area contributed by atoms with Gasteiger partial charge in [0.1, 0.15) is 0 Å². The van der Waals surface area contributed by atoms with Crippen LogP contribution in [0, 0.1) is 17.8 Å². The Hall–Kier alpha value is -0.780. The lowest BCUT2D eigenvalue weighted by molar-refractivity contribution is -0.184. The lowest BCUT2D eigenvalue weighted by Crippen LogP contribution is -2.38. The first-order valence-electron chi connectivity index (χ1n) is 6.83. The van der Waals surface area contributed by atoms with Crippen LogP contribution in [0.4, 0.5) is 13.2 Å². The lowest BCUT2D eigenvalue weighted by atomic mass is 9.81. The minimum absolute atomic E-state index is 0.0770. The van der Waals surface area contributed by atoms with Gasteiger partial charge in [-0.3, -0.25) is 4.79 Å². The molecule has 0 spiro atoms. The van der Waals surface area contributed by atoms with Crippen LogP contribution in [0.2, 0.25) is 0 Å². The lowest BCUT2D eigenvalue weighted by Gasteiger charge is -2.29. The molecule has 112 valence electrons. The van der Waals surface area contributed by atoms with Crippen LogP contribution >= 0.6 is 0 Å². The Kier molecular flexibility index (Phi) is 6.10. The summed E-state index contributed by atoms with van der Waals surface area (Å²) in [6, 6.07) is 0. The maximum atomic E-state index is 12.5. The van der Waals surface area contributed by atoms with Crippen LogP contribution in [-0.2, 0) is 4.79 Å². The zero-order valence-electron chi connectivity index (χ0n) is 11.5. The van der Waals surface area contributed by atoms with E-state index < -0.39 is 12.1 Å². The molecule has 19 heavy (non-hydrogen) atoms. The van der Waals surface area contributed by atoms with E-state index in [1.54, 1.807) is 0 Å². The fraction of sp³-hybridized carbons (Fsp3) is 0.923. The van der Waals surface area contributed by atoms with E-state index in [-0.39, 0.29) is 24.7 Å². The van der Waals surface area contributed by atoms with Gasteiger partial charge in [-0.05, 0) is 45.2 Å². The van der Waals surface area contributed by atoms with Crippen molar-refractivity contribution in [2.24, 2.45) is 17.8 Å². The van der Waals surface area contributed by atoms with E-state index in [2.05, 4.69) is 10.6 Å². The quantitative estimate of drug-likeness (QED) is 0.811. The van der Waals surface area contributed by atoms with Crippen molar-refractivity contribution in [1.29, 1.82) is 0 Å². The Bertz CT molecular complexity index is 286. The van der Waals surface area contributed by atoms with Gasteiger partial charge in [0.25, 0.3) is 0 Å². The molecule has 0 aromatic rings. The second kappa shape index (κ2) is 7.12. The van der Waals surface area contributed by atoms with Crippen LogP contribution in [0.25, 0.3) is 0 Å². The predicted octanol–water partition coefficient (Wildman–Crippen LogP) is 2.33. The minimum Gasteiger partial charge on any atom is -0.356 e. The van der Waals surface area contributed by atoms with Crippen molar-refractivity contribution in [3.05, 3.63) is 0 Å². The summed E-state index contributed by atoms with van der Waals surface area (Å²) in [5.74, 6) is -1.25. The van der Waals surface area contributed by atoms with Crippen molar-refractivity contribution >= 4 is 5.91 Å². The highest BCUT2D eigenvalue weighted by Crippen LogP contribution is 2.39. The highest BCUT2D eigenvalue weighted by Gasteiger charge is 2.42. The van der Waals surface area contributed by atoms with E-state index >= 15 is 0 Å². The topological polar surface area (TPSA) is 41.1 Å². The monoisotopic (exact) mass is 280 g/mol. The standard InChI is InChI=1S/C13H23F3N2O/c1-9(7-17-2)8-18-12(19)10-3-5-11(6-4-10)13(14,15)16/h9-11,17H,3-8H2,1-2H3,(H,18,19). The fourth-order valence-corrected chi connectivity index (χ4v) is 2.52. The summed E-state index contributed by atoms with van der Waals surface area (Å²) in [4.78, 5) is 11.9. The van der Waals surface area contributed by atoms with E-state index in [1.807, 2.05) is 14.0 Å². The minimum atomic E-state index is -4.11. The first kappa shape index (κ1) is 16.3. The molecule has 0 aromatic heterocycles.